The van der Waals surface area contributed by atoms with Gasteiger partial charge >= 0.3 is 0 Å². The minimum absolute atomic E-state index is 0.00756. The van der Waals surface area contributed by atoms with Crippen molar-refractivity contribution in [2.24, 2.45) is 13.0 Å². The van der Waals surface area contributed by atoms with Gasteiger partial charge in [0.25, 0.3) is 5.91 Å². The van der Waals surface area contributed by atoms with Crippen LogP contribution < -0.4 is 4.74 Å². The molecule has 0 bridgehead atoms. The molecule has 1 aliphatic heterocycles. The molecule has 0 saturated carbocycles. The summed E-state index contributed by atoms with van der Waals surface area (Å²) in [6, 6.07) is 8.24. The highest BCUT2D eigenvalue weighted by atomic mass is 32.1. The summed E-state index contributed by atoms with van der Waals surface area (Å²) in [6.45, 7) is 5.53. The van der Waals surface area contributed by atoms with Crippen LogP contribution in [0.2, 0.25) is 0 Å². The molecule has 192 valence electrons. The molecule has 0 atom stereocenters. The molecule has 0 aliphatic carbocycles. The van der Waals surface area contributed by atoms with Crippen LogP contribution in [0.5, 0.6) is 11.5 Å². The van der Waals surface area contributed by atoms with Gasteiger partial charge in [-0.3, -0.25) is 14.6 Å². The monoisotopic (exact) mass is 520 g/mol. The normalized spacial score (nSPS) is 13.6. The van der Waals surface area contributed by atoms with Gasteiger partial charge in [0.2, 0.25) is 0 Å². The van der Waals surface area contributed by atoms with Gasteiger partial charge in [-0.15, -0.1) is 11.3 Å². The number of hydrogen-bond acceptors (Lipinski definition) is 6. The van der Waals surface area contributed by atoms with Crippen molar-refractivity contribution in [2.45, 2.75) is 39.5 Å². The second-order valence-corrected chi connectivity index (χ2v) is 10.9. The molecule has 0 radical (unpaired) electrons. The zero-order valence-electron chi connectivity index (χ0n) is 21.2. The van der Waals surface area contributed by atoms with Crippen molar-refractivity contribution in [1.29, 1.82) is 0 Å². The van der Waals surface area contributed by atoms with Crippen LogP contribution in [0, 0.1) is 11.7 Å². The maximum Gasteiger partial charge on any atom is 0.272 e. The molecule has 1 aromatic carbocycles. The van der Waals surface area contributed by atoms with Crippen LogP contribution in [-0.4, -0.2) is 44.2 Å². The highest BCUT2D eigenvalue weighted by Gasteiger charge is 2.24. The lowest BCUT2D eigenvalue weighted by Gasteiger charge is -2.15. The maximum absolute atomic E-state index is 14.9. The second-order valence-electron chi connectivity index (χ2n) is 9.84. The first-order valence-electron chi connectivity index (χ1n) is 12.5. The van der Waals surface area contributed by atoms with E-state index in [-0.39, 0.29) is 29.8 Å². The fourth-order valence-electron chi connectivity index (χ4n) is 4.64. The number of halogens is 1. The fraction of sp³-hybridized carbons (Fsp3) is 0.357. The first kappa shape index (κ1) is 25.1. The van der Waals surface area contributed by atoms with Gasteiger partial charge in [-0.1, -0.05) is 19.9 Å². The Balaban J connectivity index is 1.38. The molecule has 37 heavy (non-hydrogen) atoms. The molecule has 1 fully saturated rings. The van der Waals surface area contributed by atoms with Crippen molar-refractivity contribution in [3.63, 3.8) is 0 Å². The van der Waals surface area contributed by atoms with E-state index in [0.29, 0.717) is 34.8 Å². The summed E-state index contributed by atoms with van der Waals surface area (Å²) >= 11 is 1.43. The number of carbonyl (C=O) groups excluding carboxylic acids is 2. The highest BCUT2D eigenvalue weighted by Crippen LogP contribution is 2.39. The Morgan fingerprint density at radius 1 is 1.11 bits per heavy atom. The van der Waals surface area contributed by atoms with Gasteiger partial charge in [-0.05, 0) is 42.5 Å². The lowest BCUT2D eigenvalue weighted by atomic mass is 10.0. The van der Waals surface area contributed by atoms with Crippen molar-refractivity contribution in [3.8, 4) is 22.2 Å². The number of amides is 1. The lowest BCUT2D eigenvalue weighted by molar-refractivity contribution is -0.119. The average molecular weight is 521 g/mol. The molecule has 1 amide bonds. The number of fused-ring (bicyclic) bond motifs is 1. The maximum atomic E-state index is 14.9. The van der Waals surface area contributed by atoms with E-state index in [4.69, 9.17) is 4.74 Å². The minimum atomic E-state index is -0.522. The largest absolute Gasteiger partial charge is 0.453 e. The molecule has 1 saturated heterocycles. The van der Waals surface area contributed by atoms with Crippen molar-refractivity contribution in [3.05, 3.63) is 59.8 Å². The topological polar surface area (TPSA) is 77.3 Å². The quantitative estimate of drug-likeness (QED) is 0.284. The summed E-state index contributed by atoms with van der Waals surface area (Å²) in [5, 5.41) is 0. The number of Topliss-reactive ketones (excluding diaryl/α,β-unsaturated/α-hetero) is 1. The Hall–Kier alpha value is -3.59. The van der Waals surface area contributed by atoms with Gasteiger partial charge < -0.3 is 14.2 Å². The second kappa shape index (κ2) is 10.4. The Labute approximate surface area is 218 Å². The summed E-state index contributed by atoms with van der Waals surface area (Å²) < 4.78 is 23.4. The van der Waals surface area contributed by atoms with Gasteiger partial charge in [0.05, 0.1) is 21.3 Å². The van der Waals surface area contributed by atoms with E-state index in [9.17, 15) is 14.0 Å². The number of imidazole rings is 1. The van der Waals surface area contributed by atoms with E-state index in [1.165, 1.54) is 17.4 Å². The van der Waals surface area contributed by atoms with Gasteiger partial charge in [0.15, 0.2) is 11.6 Å². The number of thiophene rings is 1. The Morgan fingerprint density at radius 2 is 1.89 bits per heavy atom. The molecule has 1 aliphatic rings. The molecule has 5 rings (SSSR count). The number of benzene rings is 1. The molecule has 0 spiro atoms. The molecule has 3 aromatic heterocycles. The predicted molar refractivity (Wildman–Crippen MR) is 142 cm³/mol. The summed E-state index contributed by atoms with van der Waals surface area (Å²) in [4.78, 5) is 36.7. The van der Waals surface area contributed by atoms with Crippen molar-refractivity contribution >= 4 is 33.2 Å². The fourth-order valence-corrected chi connectivity index (χ4v) is 5.73. The number of carbonyl (C=O) groups is 2. The third-order valence-corrected chi connectivity index (χ3v) is 7.58. The number of ketones is 1. The zero-order valence-corrected chi connectivity index (χ0v) is 22.0. The average Bonchev–Trinajstić information content (AvgIpc) is 3.59. The molecule has 9 heteroatoms. The number of aromatic nitrogens is 3. The minimum Gasteiger partial charge on any atom is -0.453 e. The van der Waals surface area contributed by atoms with Gasteiger partial charge in [0.1, 0.15) is 23.1 Å². The SMILES string of the molecule is CC(C)CC(=O)Cc1ccc(Oc2ccnc3cc(-c4ncc(C(=O)N5CCCC5)n4C)sc23)c(F)c1. The lowest BCUT2D eigenvalue weighted by Crippen LogP contribution is -2.29. The van der Waals surface area contributed by atoms with Gasteiger partial charge in [-0.25, -0.2) is 9.37 Å². The number of likely N-dealkylation sites (tertiary alicyclic amines) is 1. The van der Waals surface area contributed by atoms with Gasteiger partial charge in [-0.2, -0.15) is 0 Å². The predicted octanol–water partition coefficient (Wildman–Crippen LogP) is 6.02. The highest BCUT2D eigenvalue weighted by molar-refractivity contribution is 7.22. The molecular weight excluding hydrogens is 491 g/mol. The molecule has 0 unspecified atom stereocenters. The van der Waals surface area contributed by atoms with E-state index < -0.39 is 5.82 Å². The van der Waals surface area contributed by atoms with Crippen LogP contribution in [0.1, 0.15) is 49.2 Å². The van der Waals surface area contributed by atoms with E-state index in [1.807, 2.05) is 36.4 Å². The third-order valence-electron chi connectivity index (χ3n) is 6.45. The Morgan fingerprint density at radius 3 is 2.62 bits per heavy atom. The van der Waals surface area contributed by atoms with Crippen LogP contribution in [0.3, 0.4) is 0 Å². The summed E-state index contributed by atoms with van der Waals surface area (Å²) in [6.07, 6.45) is 5.97. The van der Waals surface area contributed by atoms with Crippen molar-refractivity contribution in [1.82, 2.24) is 19.4 Å². The van der Waals surface area contributed by atoms with E-state index in [1.54, 1.807) is 30.6 Å². The first-order valence-corrected chi connectivity index (χ1v) is 13.3. The van der Waals surface area contributed by atoms with Crippen LogP contribution in [0.15, 0.2) is 42.7 Å². The van der Waals surface area contributed by atoms with E-state index in [2.05, 4.69) is 9.97 Å². The third kappa shape index (κ3) is 5.27. The number of rotatable bonds is 8. The van der Waals surface area contributed by atoms with Crippen LogP contribution in [0.4, 0.5) is 4.39 Å². The summed E-state index contributed by atoms with van der Waals surface area (Å²) in [5.74, 6) is 1.05. The Bertz CT molecular complexity index is 1470. The van der Waals surface area contributed by atoms with Crippen LogP contribution in [0.25, 0.3) is 20.9 Å². The first-order chi connectivity index (χ1) is 17.8. The van der Waals surface area contributed by atoms with Gasteiger partial charge in [0, 0.05) is 45.2 Å². The van der Waals surface area contributed by atoms with E-state index >= 15 is 0 Å². The number of ether oxygens (including phenoxy) is 1. The smallest absolute Gasteiger partial charge is 0.272 e. The number of nitrogens with zero attached hydrogens (tertiary/aromatic N) is 4. The summed E-state index contributed by atoms with van der Waals surface area (Å²) in [5.41, 5.74) is 1.87. The van der Waals surface area contributed by atoms with Crippen LogP contribution >= 0.6 is 11.3 Å². The molecular formula is C28H29FN4O3S. The molecule has 4 heterocycles. The standard InChI is InChI=1S/C28H29FN4O3S/c1-17(2)12-19(34)13-18-6-7-23(20(29)14-18)36-24-8-9-30-21-15-25(37-26(21)24)27-31-16-22(32(27)3)28(35)33-10-4-5-11-33/h6-9,14-17H,4-5,10-13H2,1-3H3. The zero-order chi connectivity index (χ0) is 26.1. The van der Waals surface area contributed by atoms with Crippen LogP contribution in [-0.2, 0) is 18.3 Å². The number of hydrogen-bond donors (Lipinski definition) is 0. The van der Waals surface area contributed by atoms with Crippen molar-refractivity contribution in [2.75, 3.05) is 13.1 Å². The van der Waals surface area contributed by atoms with Crippen molar-refractivity contribution < 1.29 is 18.7 Å². The molecule has 7 nitrogen and oxygen atoms in total. The Kier molecular flexibility index (Phi) is 7.06. The molecule has 0 N–H and O–H groups in total. The number of pyridine rings is 1. The van der Waals surface area contributed by atoms with E-state index in [0.717, 1.165) is 35.5 Å². The molecule has 4 aromatic rings. The summed E-state index contributed by atoms with van der Waals surface area (Å²) in [7, 11) is 1.84.